The zero-order valence-corrected chi connectivity index (χ0v) is 16.3. The summed E-state index contributed by atoms with van der Waals surface area (Å²) in [7, 11) is 0. The summed E-state index contributed by atoms with van der Waals surface area (Å²) in [4.78, 5) is 34.7. The second-order valence-electron chi connectivity index (χ2n) is 6.22. The Morgan fingerprint density at radius 1 is 0.742 bits per heavy atom. The van der Waals surface area contributed by atoms with Gasteiger partial charge in [-0.2, -0.15) is 0 Å². The summed E-state index contributed by atoms with van der Waals surface area (Å²) in [6, 6.07) is 21.1. The number of carbonyl (C=O) groups is 2. The maximum atomic E-state index is 12.2. The van der Waals surface area contributed by atoms with Crippen molar-refractivity contribution in [2.24, 2.45) is 0 Å². The van der Waals surface area contributed by atoms with Crippen LogP contribution in [0.3, 0.4) is 0 Å². The predicted octanol–water partition coefficient (Wildman–Crippen LogP) is 3.13. The van der Waals surface area contributed by atoms with E-state index in [4.69, 9.17) is 9.47 Å². The lowest BCUT2D eigenvalue weighted by Crippen LogP contribution is -2.41. The van der Waals surface area contributed by atoms with Crippen molar-refractivity contribution in [1.82, 2.24) is 10.9 Å². The van der Waals surface area contributed by atoms with Crippen LogP contribution in [0.2, 0.25) is 0 Å². The molecule has 0 unspecified atom stereocenters. The Balaban J connectivity index is 1.47. The topological polar surface area (TPSA) is 120 Å². The van der Waals surface area contributed by atoms with Crippen molar-refractivity contribution in [2.45, 2.75) is 0 Å². The third kappa shape index (κ3) is 6.04. The zero-order chi connectivity index (χ0) is 22.1. The highest BCUT2D eigenvalue weighted by molar-refractivity contribution is 6.01. The lowest BCUT2D eigenvalue weighted by atomic mass is 10.2. The van der Waals surface area contributed by atoms with E-state index >= 15 is 0 Å². The summed E-state index contributed by atoms with van der Waals surface area (Å²) in [5.74, 6) is -0.0666. The lowest BCUT2D eigenvalue weighted by Gasteiger charge is -2.10. The van der Waals surface area contributed by atoms with Gasteiger partial charge in [0.15, 0.2) is 0 Å². The van der Waals surface area contributed by atoms with Gasteiger partial charge in [0.05, 0.1) is 4.92 Å². The zero-order valence-electron chi connectivity index (χ0n) is 16.3. The minimum atomic E-state index is -0.793. The van der Waals surface area contributed by atoms with Crippen molar-refractivity contribution in [3.05, 3.63) is 100 Å². The number of nitro benzene ring substituents is 1. The van der Waals surface area contributed by atoms with Gasteiger partial charge in [0.1, 0.15) is 30.3 Å². The summed E-state index contributed by atoms with van der Waals surface area (Å²) < 4.78 is 11.1. The fourth-order valence-corrected chi connectivity index (χ4v) is 2.62. The molecule has 2 amide bonds. The van der Waals surface area contributed by atoms with Gasteiger partial charge in [-0.25, -0.2) is 0 Å². The lowest BCUT2D eigenvalue weighted by molar-refractivity contribution is -0.385. The van der Waals surface area contributed by atoms with Gasteiger partial charge < -0.3 is 9.47 Å². The third-order valence-electron chi connectivity index (χ3n) is 4.12. The van der Waals surface area contributed by atoms with Crippen molar-refractivity contribution in [1.29, 1.82) is 0 Å². The normalized spacial score (nSPS) is 10.1. The van der Waals surface area contributed by atoms with Crippen LogP contribution in [0, 0.1) is 10.1 Å². The molecule has 0 spiro atoms. The van der Waals surface area contributed by atoms with Gasteiger partial charge in [0.2, 0.25) is 0 Å². The number of benzene rings is 3. The fourth-order valence-electron chi connectivity index (χ4n) is 2.62. The second-order valence-corrected chi connectivity index (χ2v) is 6.22. The van der Waals surface area contributed by atoms with Crippen molar-refractivity contribution >= 4 is 17.5 Å². The first-order chi connectivity index (χ1) is 15.0. The van der Waals surface area contributed by atoms with Gasteiger partial charge in [-0.15, -0.1) is 0 Å². The van der Waals surface area contributed by atoms with Crippen LogP contribution >= 0.6 is 0 Å². The highest BCUT2D eigenvalue weighted by Crippen LogP contribution is 2.17. The first-order valence-electron chi connectivity index (χ1n) is 9.29. The number of amides is 2. The fraction of sp³-hybridized carbons (Fsp3) is 0.0909. The summed E-state index contributed by atoms with van der Waals surface area (Å²) in [5, 5.41) is 11.0. The predicted molar refractivity (Wildman–Crippen MR) is 112 cm³/mol. The van der Waals surface area contributed by atoms with Crippen LogP contribution in [-0.4, -0.2) is 30.0 Å². The van der Waals surface area contributed by atoms with Crippen molar-refractivity contribution in [3.8, 4) is 11.5 Å². The molecule has 31 heavy (non-hydrogen) atoms. The average Bonchev–Trinajstić information content (AvgIpc) is 2.81. The first kappa shape index (κ1) is 21.3. The van der Waals surface area contributed by atoms with Gasteiger partial charge in [-0.3, -0.25) is 30.6 Å². The van der Waals surface area contributed by atoms with Crippen molar-refractivity contribution in [3.63, 3.8) is 0 Å². The third-order valence-corrected chi connectivity index (χ3v) is 4.12. The monoisotopic (exact) mass is 421 g/mol. The summed E-state index contributed by atoms with van der Waals surface area (Å²) >= 11 is 0. The van der Waals surface area contributed by atoms with E-state index in [9.17, 15) is 19.7 Å². The molecule has 0 fully saturated rings. The van der Waals surface area contributed by atoms with E-state index in [0.717, 1.165) is 5.75 Å². The van der Waals surface area contributed by atoms with Crippen LogP contribution in [0.25, 0.3) is 0 Å². The van der Waals surface area contributed by atoms with Crippen molar-refractivity contribution < 1.29 is 24.0 Å². The average molecular weight is 421 g/mol. The Morgan fingerprint density at radius 2 is 1.29 bits per heavy atom. The molecule has 2 N–H and O–H groups in total. The molecule has 0 heterocycles. The number of carbonyl (C=O) groups excluding carboxylic acids is 2. The largest absolute Gasteiger partial charge is 0.490 e. The molecule has 3 rings (SSSR count). The number of rotatable bonds is 8. The molecule has 0 atom stereocenters. The Labute approximate surface area is 177 Å². The molecule has 9 heteroatoms. The number of nitro groups is 1. The summed E-state index contributed by atoms with van der Waals surface area (Å²) in [5.41, 5.74) is 4.17. The first-order valence-corrected chi connectivity index (χ1v) is 9.29. The molecule has 3 aromatic carbocycles. The molecular formula is C22H19N3O6. The quantitative estimate of drug-likeness (QED) is 0.328. The minimum absolute atomic E-state index is 0.158. The van der Waals surface area contributed by atoms with Gasteiger partial charge >= 0.3 is 0 Å². The SMILES string of the molecule is O=C(NNC(=O)c1ccccc1[N+](=O)[O-])c1ccc(OCCOc2ccccc2)cc1. The second kappa shape index (κ2) is 10.4. The Bertz CT molecular complexity index is 1050. The highest BCUT2D eigenvalue weighted by atomic mass is 16.6. The minimum Gasteiger partial charge on any atom is -0.490 e. The number of nitrogens with one attached hydrogen (secondary N) is 2. The maximum absolute atomic E-state index is 12.2. The molecule has 9 nitrogen and oxygen atoms in total. The van der Waals surface area contributed by atoms with E-state index in [1.54, 1.807) is 12.1 Å². The summed E-state index contributed by atoms with van der Waals surface area (Å²) in [6.07, 6.45) is 0. The molecule has 0 aliphatic heterocycles. The number of nitrogens with zero attached hydrogens (tertiary/aromatic N) is 1. The van der Waals surface area contributed by atoms with Crippen LogP contribution < -0.4 is 20.3 Å². The molecular weight excluding hydrogens is 402 g/mol. The number of hydrogen-bond acceptors (Lipinski definition) is 6. The van der Waals surface area contributed by atoms with Gasteiger partial charge in [-0.05, 0) is 42.5 Å². The molecule has 3 aromatic rings. The number of para-hydroxylation sites is 2. The van der Waals surface area contributed by atoms with E-state index in [-0.39, 0.29) is 16.8 Å². The summed E-state index contributed by atoms with van der Waals surface area (Å²) in [6.45, 7) is 0.691. The molecule has 0 bridgehead atoms. The molecule has 0 saturated carbocycles. The maximum Gasteiger partial charge on any atom is 0.282 e. The Kier molecular flexibility index (Phi) is 7.15. The number of hydrogen-bond donors (Lipinski definition) is 2. The van der Waals surface area contributed by atoms with Crippen LogP contribution in [0.4, 0.5) is 5.69 Å². The molecule has 158 valence electrons. The van der Waals surface area contributed by atoms with Gasteiger partial charge in [0.25, 0.3) is 17.5 Å². The molecule has 0 aliphatic rings. The van der Waals surface area contributed by atoms with E-state index in [0.29, 0.717) is 19.0 Å². The molecule has 0 saturated heterocycles. The Morgan fingerprint density at radius 3 is 1.94 bits per heavy atom. The molecule has 0 radical (unpaired) electrons. The van der Waals surface area contributed by atoms with E-state index in [2.05, 4.69) is 10.9 Å². The van der Waals surface area contributed by atoms with Crippen molar-refractivity contribution in [2.75, 3.05) is 13.2 Å². The van der Waals surface area contributed by atoms with Crippen LogP contribution in [0.1, 0.15) is 20.7 Å². The van der Waals surface area contributed by atoms with E-state index in [1.165, 1.54) is 36.4 Å². The van der Waals surface area contributed by atoms with E-state index < -0.39 is 16.7 Å². The van der Waals surface area contributed by atoms with Crippen LogP contribution in [0.5, 0.6) is 11.5 Å². The molecule has 0 aliphatic carbocycles. The molecule has 0 aromatic heterocycles. The smallest absolute Gasteiger partial charge is 0.282 e. The standard InChI is InChI=1S/C22H19N3O6/c26-21(23-24-22(27)19-8-4-5-9-20(19)25(28)29)16-10-12-18(13-11-16)31-15-14-30-17-6-2-1-3-7-17/h1-13H,14-15H2,(H,23,26)(H,24,27). The van der Waals surface area contributed by atoms with E-state index in [1.807, 2.05) is 30.3 Å². The van der Waals surface area contributed by atoms with Crippen LogP contribution in [-0.2, 0) is 0 Å². The van der Waals surface area contributed by atoms with Crippen LogP contribution in [0.15, 0.2) is 78.9 Å². The Hall–Kier alpha value is -4.40. The van der Waals surface area contributed by atoms with Gasteiger partial charge in [0, 0.05) is 11.6 Å². The number of hydrazine groups is 1. The number of ether oxygens (including phenoxy) is 2. The highest BCUT2D eigenvalue weighted by Gasteiger charge is 2.19. The van der Waals surface area contributed by atoms with Gasteiger partial charge in [-0.1, -0.05) is 30.3 Å².